The number of aromatic nitrogens is 5. The van der Waals surface area contributed by atoms with Gasteiger partial charge in [0, 0.05) is 12.8 Å². The van der Waals surface area contributed by atoms with Gasteiger partial charge in [0.2, 0.25) is 11.7 Å². The zero-order chi connectivity index (χ0) is 11.8. The molecule has 0 bridgehead atoms. The number of aryl methyl sites for hydroxylation is 1. The van der Waals surface area contributed by atoms with Gasteiger partial charge in [-0.1, -0.05) is 5.10 Å². The summed E-state index contributed by atoms with van der Waals surface area (Å²) >= 11 is 0. The van der Waals surface area contributed by atoms with Gasteiger partial charge >= 0.3 is 6.01 Å². The highest BCUT2D eigenvalue weighted by Gasteiger charge is 2.28. The van der Waals surface area contributed by atoms with E-state index in [4.69, 9.17) is 4.42 Å². The molecule has 2 heterocycles. The van der Waals surface area contributed by atoms with Crippen molar-refractivity contribution in [2.24, 2.45) is 0 Å². The summed E-state index contributed by atoms with van der Waals surface area (Å²) in [5, 5.41) is 16.3. The summed E-state index contributed by atoms with van der Waals surface area (Å²) in [6.45, 7) is 1.64. The Balaban J connectivity index is 1.72. The molecule has 0 radical (unpaired) electrons. The smallest absolute Gasteiger partial charge is 0.322 e. The van der Waals surface area contributed by atoms with Crippen LogP contribution >= 0.6 is 0 Å². The van der Waals surface area contributed by atoms with E-state index in [-0.39, 0.29) is 11.8 Å². The largest absolute Gasteiger partial charge is 0.408 e. The van der Waals surface area contributed by atoms with E-state index in [1.54, 1.807) is 6.92 Å². The Morgan fingerprint density at radius 1 is 1.47 bits per heavy atom. The van der Waals surface area contributed by atoms with E-state index < -0.39 is 5.91 Å². The molecular formula is C9H10N6O2. The normalized spacial score (nSPS) is 14.9. The average Bonchev–Trinajstić information content (AvgIpc) is 2.88. The second-order valence-corrected chi connectivity index (χ2v) is 3.90. The first-order valence-electron chi connectivity index (χ1n) is 5.26. The second-order valence-electron chi connectivity index (χ2n) is 3.90. The van der Waals surface area contributed by atoms with Gasteiger partial charge in [-0.25, -0.2) is 4.98 Å². The summed E-state index contributed by atoms with van der Waals surface area (Å²) in [6.07, 6.45) is 2.19. The van der Waals surface area contributed by atoms with Gasteiger partial charge in [0.15, 0.2) is 0 Å². The van der Waals surface area contributed by atoms with Crippen LogP contribution in [0.3, 0.4) is 0 Å². The number of hydrogen-bond donors (Lipinski definition) is 2. The standard InChI is InChI=1S/C9H10N6O2/c1-4-12-15-9(17-4)11-8(16)7-10-6(13-14-7)5-2-3-5/h5H,2-3H2,1H3,(H,10,13,14)(H,11,15,16). The molecule has 1 fully saturated rings. The van der Waals surface area contributed by atoms with Crippen LogP contribution in [0.25, 0.3) is 0 Å². The van der Waals surface area contributed by atoms with Crippen LogP contribution < -0.4 is 5.32 Å². The molecule has 0 aliphatic heterocycles. The Morgan fingerprint density at radius 2 is 2.29 bits per heavy atom. The lowest BCUT2D eigenvalue weighted by atomic mass is 10.4. The quantitative estimate of drug-likeness (QED) is 0.805. The molecule has 0 atom stereocenters. The molecule has 2 aromatic heterocycles. The Labute approximate surface area is 95.8 Å². The molecule has 1 aliphatic carbocycles. The number of nitrogens with one attached hydrogen (secondary N) is 2. The van der Waals surface area contributed by atoms with Gasteiger partial charge in [-0.2, -0.15) is 0 Å². The lowest BCUT2D eigenvalue weighted by molar-refractivity contribution is 0.101. The van der Waals surface area contributed by atoms with E-state index >= 15 is 0 Å². The van der Waals surface area contributed by atoms with Crippen LogP contribution in [0, 0.1) is 6.92 Å². The average molecular weight is 234 g/mol. The fourth-order valence-electron chi connectivity index (χ4n) is 1.42. The van der Waals surface area contributed by atoms with Gasteiger partial charge in [0.1, 0.15) is 5.82 Å². The van der Waals surface area contributed by atoms with Crippen LogP contribution in [0.15, 0.2) is 4.42 Å². The molecular weight excluding hydrogens is 224 g/mol. The van der Waals surface area contributed by atoms with Gasteiger partial charge in [0.05, 0.1) is 0 Å². The number of carbonyl (C=O) groups excluding carboxylic acids is 1. The van der Waals surface area contributed by atoms with Crippen LogP contribution in [-0.4, -0.2) is 31.3 Å². The number of carbonyl (C=O) groups is 1. The SMILES string of the molecule is Cc1nnc(NC(=O)c2n[nH]c(C3CC3)n2)o1. The minimum atomic E-state index is -0.461. The van der Waals surface area contributed by atoms with Crippen LogP contribution in [0.5, 0.6) is 0 Å². The topological polar surface area (TPSA) is 110 Å². The molecule has 0 saturated heterocycles. The third-order valence-electron chi connectivity index (χ3n) is 2.42. The highest BCUT2D eigenvalue weighted by atomic mass is 16.4. The Hall–Kier alpha value is -2.25. The van der Waals surface area contributed by atoms with Crippen molar-refractivity contribution in [3.63, 3.8) is 0 Å². The number of nitrogens with zero attached hydrogens (tertiary/aromatic N) is 4. The fraction of sp³-hybridized carbons (Fsp3) is 0.444. The third kappa shape index (κ3) is 2.01. The highest BCUT2D eigenvalue weighted by Crippen LogP contribution is 2.37. The predicted molar refractivity (Wildman–Crippen MR) is 55.3 cm³/mol. The predicted octanol–water partition coefficient (Wildman–Crippen LogP) is 0.626. The number of amides is 1. The maximum atomic E-state index is 11.7. The first-order chi connectivity index (χ1) is 8.22. The van der Waals surface area contributed by atoms with Gasteiger partial charge in [-0.3, -0.25) is 15.2 Å². The Bertz CT molecular complexity index is 555. The zero-order valence-electron chi connectivity index (χ0n) is 9.10. The molecule has 1 aliphatic rings. The van der Waals surface area contributed by atoms with Crippen molar-refractivity contribution in [2.75, 3.05) is 5.32 Å². The highest BCUT2D eigenvalue weighted by molar-refractivity contribution is 6.00. The summed E-state index contributed by atoms with van der Waals surface area (Å²) in [4.78, 5) is 15.8. The molecule has 8 heteroatoms. The van der Waals surface area contributed by atoms with Crippen molar-refractivity contribution in [3.05, 3.63) is 17.5 Å². The molecule has 2 aromatic rings. The molecule has 8 nitrogen and oxygen atoms in total. The van der Waals surface area contributed by atoms with Crippen LogP contribution in [0.4, 0.5) is 6.01 Å². The Morgan fingerprint density at radius 3 is 2.94 bits per heavy atom. The Kier molecular flexibility index (Phi) is 2.13. The first-order valence-corrected chi connectivity index (χ1v) is 5.26. The number of H-pyrrole nitrogens is 1. The molecule has 0 unspecified atom stereocenters. The monoisotopic (exact) mass is 234 g/mol. The molecule has 88 valence electrons. The number of hydrogen-bond acceptors (Lipinski definition) is 6. The molecule has 1 amide bonds. The summed E-state index contributed by atoms with van der Waals surface area (Å²) in [6, 6.07) is 0.0465. The van der Waals surface area contributed by atoms with Crippen molar-refractivity contribution >= 4 is 11.9 Å². The van der Waals surface area contributed by atoms with Gasteiger partial charge in [-0.05, 0) is 12.8 Å². The maximum Gasteiger partial charge on any atom is 0.322 e. The minimum Gasteiger partial charge on any atom is -0.408 e. The van der Waals surface area contributed by atoms with Crippen LogP contribution in [0.1, 0.15) is 41.1 Å². The lowest BCUT2D eigenvalue weighted by Crippen LogP contribution is -2.14. The van der Waals surface area contributed by atoms with Crippen molar-refractivity contribution < 1.29 is 9.21 Å². The van der Waals surface area contributed by atoms with E-state index in [0.717, 1.165) is 18.7 Å². The maximum absolute atomic E-state index is 11.7. The molecule has 0 aromatic carbocycles. The molecule has 1 saturated carbocycles. The first kappa shape index (κ1) is 9.94. The van der Waals surface area contributed by atoms with E-state index in [1.165, 1.54) is 0 Å². The number of aromatic amines is 1. The van der Waals surface area contributed by atoms with E-state index in [2.05, 4.69) is 30.7 Å². The van der Waals surface area contributed by atoms with Crippen LogP contribution in [-0.2, 0) is 0 Å². The van der Waals surface area contributed by atoms with Crippen molar-refractivity contribution in [1.29, 1.82) is 0 Å². The summed E-state index contributed by atoms with van der Waals surface area (Å²) in [7, 11) is 0. The van der Waals surface area contributed by atoms with E-state index in [0.29, 0.717) is 11.8 Å². The number of rotatable bonds is 3. The summed E-state index contributed by atoms with van der Waals surface area (Å²) in [5.74, 6) is 1.19. The van der Waals surface area contributed by atoms with Gasteiger partial charge < -0.3 is 4.42 Å². The molecule has 3 rings (SSSR count). The lowest BCUT2D eigenvalue weighted by Gasteiger charge is -1.93. The molecule has 0 spiro atoms. The van der Waals surface area contributed by atoms with Crippen molar-refractivity contribution in [2.45, 2.75) is 25.7 Å². The third-order valence-corrected chi connectivity index (χ3v) is 2.42. The molecule has 17 heavy (non-hydrogen) atoms. The summed E-state index contributed by atoms with van der Waals surface area (Å²) in [5.41, 5.74) is 0. The van der Waals surface area contributed by atoms with Crippen LogP contribution in [0.2, 0.25) is 0 Å². The minimum absolute atomic E-state index is 0.0465. The zero-order valence-corrected chi connectivity index (χ0v) is 9.10. The second kappa shape index (κ2) is 3.65. The van der Waals surface area contributed by atoms with Crippen molar-refractivity contribution in [3.8, 4) is 0 Å². The van der Waals surface area contributed by atoms with Gasteiger partial charge in [-0.15, -0.1) is 10.2 Å². The molecule has 2 N–H and O–H groups in total. The van der Waals surface area contributed by atoms with E-state index in [1.807, 2.05) is 0 Å². The number of anilines is 1. The van der Waals surface area contributed by atoms with E-state index in [9.17, 15) is 4.79 Å². The summed E-state index contributed by atoms with van der Waals surface area (Å²) < 4.78 is 5.02. The van der Waals surface area contributed by atoms with Crippen molar-refractivity contribution in [1.82, 2.24) is 25.4 Å². The fourth-order valence-corrected chi connectivity index (χ4v) is 1.42. The van der Waals surface area contributed by atoms with Gasteiger partial charge in [0.25, 0.3) is 5.91 Å².